The number of nitrogens with two attached hydrogens (primary N) is 1. The van der Waals surface area contributed by atoms with Gasteiger partial charge in [-0.05, 0) is 25.5 Å². The summed E-state index contributed by atoms with van der Waals surface area (Å²) >= 11 is 0. The van der Waals surface area contributed by atoms with E-state index in [1.165, 1.54) is 13.1 Å². The Labute approximate surface area is 74.0 Å². The average molecular weight is 167 g/mol. The van der Waals surface area contributed by atoms with E-state index in [1.54, 1.807) is 13.3 Å². The Morgan fingerprint density at radius 2 is 2.33 bits per heavy atom. The second-order valence-corrected chi connectivity index (χ2v) is 3.44. The van der Waals surface area contributed by atoms with Crippen molar-refractivity contribution in [1.82, 2.24) is 4.90 Å². The van der Waals surface area contributed by atoms with Gasteiger partial charge in [0.25, 0.3) is 0 Å². The van der Waals surface area contributed by atoms with E-state index in [4.69, 9.17) is 5.73 Å². The summed E-state index contributed by atoms with van der Waals surface area (Å²) < 4.78 is 0. The van der Waals surface area contributed by atoms with Gasteiger partial charge in [0.2, 0.25) is 0 Å². The molecular weight excluding hydrogens is 150 g/mol. The van der Waals surface area contributed by atoms with Crippen LogP contribution in [-0.4, -0.2) is 38.3 Å². The molecule has 3 nitrogen and oxygen atoms in total. The number of rotatable bonds is 3. The smallest absolute Gasteiger partial charge is 0.0277 e. The summed E-state index contributed by atoms with van der Waals surface area (Å²) in [6.07, 6.45) is 4.65. The highest BCUT2D eigenvalue weighted by molar-refractivity contribution is 5.71. The quantitative estimate of drug-likeness (QED) is 0.621. The lowest BCUT2D eigenvalue weighted by atomic mass is 9.95. The van der Waals surface area contributed by atoms with Crippen LogP contribution >= 0.6 is 0 Å². The third-order valence-electron chi connectivity index (χ3n) is 2.10. The Balaban J connectivity index is 2.22. The Morgan fingerprint density at radius 1 is 1.67 bits per heavy atom. The molecule has 0 unspecified atom stereocenters. The predicted molar refractivity (Wildman–Crippen MR) is 52.3 cm³/mol. The zero-order valence-electron chi connectivity index (χ0n) is 7.83. The number of allylic oxidation sites excluding steroid dienone is 2. The van der Waals surface area contributed by atoms with Gasteiger partial charge in [-0.3, -0.25) is 4.99 Å². The van der Waals surface area contributed by atoms with Crippen LogP contribution in [0.25, 0.3) is 0 Å². The molecule has 2 N–H and O–H groups in total. The summed E-state index contributed by atoms with van der Waals surface area (Å²) in [5.74, 6) is 0.761. The van der Waals surface area contributed by atoms with Crippen molar-refractivity contribution >= 4 is 6.21 Å². The molecule has 0 aliphatic carbocycles. The number of hydrogen-bond acceptors (Lipinski definition) is 3. The maximum absolute atomic E-state index is 5.77. The Hall–Kier alpha value is -0.830. The van der Waals surface area contributed by atoms with Crippen LogP contribution in [0.15, 0.2) is 16.8 Å². The van der Waals surface area contributed by atoms with E-state index in [2.05, 4.69) is 16.9 Å². The standard InChI is InChI=1S/C9H17N3/c1-11-4-3-9(10)5-8-6-12(2)7-8/h3-4,8H,5-7,10H2,1-2H3/b9-3-,11-4?. The fraction of sp³-hybridized carbons (Fsp3) is 0.667. The fourth-order valence-electron chi connectivity index (χ4n) is 1.53. The molecule has 0 aromatic heterocycles. The molecule has 0 spiro atoms. The van der Waals surface area contributed by atoms with Crippen LogP contribution in [-0.2, 0) is 0 Å². The molecular formula is C9H17N3. The molecule has 0 amide bonds. The van der Waals surface area contributed by atoms with Gasteiger partial charge in [-0.1, -0.05) is 0 Å². The van der Waals surface area contributed by atoms with Crippen molar-refractivity contribution in [2.45, 2.75) is 6.42 Å². The van der Waals surface area contributed by atoms with E-state index in [0.717, 1.165) is 18.0 Å². The summed E-state index contributed by atoms with van der Waals surface area (Å²) in [5, 5.41) is 0. The molecule has 1 aliphatic rings. The van der Waals surface area contributed by atoms with Gasteiger partial charge in [0.05, 0.1) is 0 Å². The number of nitrogens with zero attached hydrogens (tertiary/aromatic N) is 2. The SMILES string of the molecule is CN=C/C=C(\N)CC1CN(C)C1. The molecule has 0 aromatic carbocycles. The second-order valence-electron chi connectivity index (χ2n) is 3.44. The summed E-state index contributed by atoms with van der Waals surface area (Å²) in [6.45, 7) is 2.36. The van der Waals surface area contributed by atoms with Crippen LogP contribution in [0.2, 0.25) is 0 Å². The van der Waals surface area contributed by atoms with E-state index in [1.807, 2.05) is 6.08 Å². The fourth-order valence-corrected chi connectivity index (χ4v) is 1.53. The van der Waals surface area contributed by atoms with Crippen molar-refractivity contribution in [3.05, 3.63) is 11.8 Å². The first-order valence-corrected chi connectivity index (χ1v) is 4.27. The molecule has 12 heavy (non-hydrogen) atoms. The van der Waals surface area contributed by atoms with Gasteiger partial charge in [0.1, 0.15) is 0 Å². The van der Waals surface area contributed by atoms with Crippen molar-refractivity contribution in [2.24, 2.45) is 16.6 Å². The molecule has 0 atom stereocenters. The monoisotopic (exact) mass is 167 g/mol. The molecule has 68 valence electrons. The first-order valence-electron chi connectivity index (χ1n) is 4.27. The van der Waals surface area contributed by atoms with Crippen LogP contribution in [0, 0.1) is 5.92 Å². The normalized spacial score (nSPS) is 21.7. The van der Waals surface area contributed by atoms with Gasteiger partial charge in [0, 0.05) is 32.0 Å². The average Bonchev–Trinajstić information content (AvgIpc) is 1.98. The summed E-state index contributed by atoms with van der Waals surface area (Å²) in [6, 6.07) is 0. The molecule has 0 saturated carbocycles. The first kappa shape index (κ1) is 9.26. The Kier molecular flexibility index (Phi) is 3.29. The lowest BCUT2D eigenvalue weighted by Gasteiger charge is -2.36. The van der Waals surface area contributed by atoms with Gasteiger partial charge < -0.3 is 10.6 Å². The van der Waals surface area contributed by atoms with Gasteiger partial charge >= 0.3 is 0 Å². The zero-order chi connectivity index (χ0) is 8.97. The maximum atomic E-state index is 5.77. The molecule has 1 aliphatic heterocycles. The Morgan fingerprint density at radius 3 is 2.83 bits per heavy atom. The van der Waals surface area contributed by atoms with E-state index < -0.39 is 0 Å². The molecule has 1 fully saturated rings. The number of aliphatic imine (C=N–C) groups is 1. The van der Waals surface area contributed by atoms with E-state index >= 15 is 0 Å². The highest BCUT2D eigenvalue weighted by Crippen LogP contribution is 2.18. The maximum Gasteiger partial charge on any atom is 0.0277 e. The topological polar surface area (TPSA) is 41.6 Å². The highest BCUT2D eigenvalue weighted by Gasteiger charge is 2.22. The summed E-state index contributed by atoms with van der Waals surface area (Å²) in [7, 11) is 3.88. The second kappa shape index (κ2) is 4.26. The summed E-state index contributed by atoms with van der Waals surface area (Å²) in [5.41, 5.74) is 6.71. The zero-order valence-corrected chi connectivity index (χ0v) is 7.83. The third kappa shape index (κ3) is 2.66. The summed E-state index contributed by atoms with van der Waals surface area (Å²) in [4.78, 5) is 6.15. The number of hydrogen-bond donors (Lipinski definition) is 1. The van der Waals surface area contributed by atoms with Crippen molar-refractivity contribution in [3.63, 3.8) is 0 Å². The van der Waals surface area contributed by atoms with Crippen molar-refractivity contribution in [3.8, 4) is 0 Å². The van der Waals surface area contributed by atoms with Crippen LogP contribution in [0.1, 0.15) is 6.42 Å². The van der Waals surface area contributed by atoms with E-state index in [0.29, 0.717) is 0 Å². The van der Waals surface area contributed by atoms with Crippen LogP contribution in [0.4, 0.5) is 0 Å². The minimum atomic E-state index is 0.761. The van der Waals surface area contributed by atoms with E-state index in [9.17, 15) is 0 Å². The first-order chi connectivity index (χ1) is 5.72. The lowest BCUT2D eigenvalue weighted by Crippen LogP contribution is -2.44. The van der Waals surface area contributed by atoms with Crippen LogP contribution in [0.3, 0.4) is 0 Å². The van der Waals surface area contributed by atoms with Gasteiger partial charge in [0.15, 0.2) is 0 Å². The van der Waals surface area contributed by atoms with E-state index in [-0.39, 0.29) is 0 Å². The highest BCUT2D eigenvalue weighted by atomic mass is 15.2. The van der Waals surface area contributed by atoms with Crippen molar-refractivity contribution < 1.29 is 0 Å². The van der Waals surface area contributed by atoms with Crippen LogP contribution < -0.4 is 5.73 Å². The lowest BCUT2D eigenvalue weighted by molar-refractivity contribution is 0.134. The van der Waals surface area contributed by atoms with Crippen molar-refractivity contribution in [2.75, 3.05) is 27.2 Å². The van der Waals surface area contributed by atoms with Gasteiger partial charge in [-0.25, -0.2) is 0 Å². The molecule has 0 aromatic rings. The predicted octanol–water partition coefficient (Wildman–Crippen LogP) is 0.481. The van der Waals surface area contributed by atoms with Crippen LogP contribution in [0.5, 0.6) is 0 Å². The minimum absolute atomic E-state index is 0.761. The molecule has 3 heteroatoms. The van der Waals surface area contributed by atoms with Gasteiger partial charge in [-0.2, -0.15) is 0 Å². The van der Waals surface area contributed by atoms with Crippen molar-refractivity contribution in [1.29, 1.82) is 0 Å². The molecule has 1 rings (SSSR count). The number of likely N-dealkylation sites (tertiary alicyclic amines) is 1. The minimum Gasteiger partial charge on any atom is -0.402 e. The largest absolute Gasteiger partial charge is 0.402 e. The molecule has 1 heterocycles. The molecule has 0 radical (unpaired) electrons. The molecule has 0 bridgehead atoms. The van der Waals surface area contributed by atoms with Gasteiger partial charge in [-0.15, -0.1) is 0 Å². The third-order valence-corrected chi connectivity index (χ3v) is 2.10. The molecule has 1 saturated heterocycles. The Bertz CT molecular complexity index is 190.